The van der Waals surface area contributed by atoms with Crippen molar-refractivity contribution in [2.75, 3.05) is 25.1 Å². The number of benzene rings is 1. The van der Waals surface area contributed by atoms with Crippen LogP contribution in [0.1, 0.15) is 50.8 Å². The van der Waals surface area contributed by atoms with Crippen molar-refractivity contribution in [2.45, 2.75) is 65.2 Å². The molecule has 0 spiro atoms. The maximum atomic E-state index is 12.9. The van der Waals surface area contributed by atoms with Gasteiger partial charge in [-0.15, -0.1) is 0 Å². The number of methoxy groups -OCH3 is 1. The van der Waals surface area contributed by atoms with E-state index < -0.39 is 0 Å². The van der Waals surface area contributed by atoms with Crippen molar-refractivity contribution in [1.29, 1.82) is 5.26 Å². The second kappa shape index (κ2) is 10.1. The first kappa shape index (κ1) is 24.8. The normalized spacial score (nSPS) is 19.6. The van der Waals surface area contributed by atoms with E-state index in [0.29, 0.717) is 6.04 Å². The summed E-state index contributed by atoms with van der Waals surface area (Å²) >= 11 is 0. The highest BCUT2D eigenvalue weighted by Gasteiger charge is 2.36. The Balaban J connectivity index is 1.71. The number of anilines is 1. The van der Waals surface area contributed by atoms with Gasteiger partial charge in [0.05, 0.1) is 30.6 Å². The fourth-order valence-electron chi connectivity index (χ4n) is 5.42. The van der Waals surface area contributed by atoms with E-state index in [-0.39, 0.29) is 24.2 Å². The lowest BCUT2D eigenvalue weighted by Crippen LogP contribution is -2.58. The molecule has 186 valence electrons. The summed E-state index contributed by atoms with van der Waals surface area (Å²) in [6, 6.07) is 11.2. The molecule has 0 saturated carbocycles. The minimum Gasteiger partial charge on any atom is -0.496 e. The molecule has 1 saturated heterocycles. The van der Waals surface area contributed by atoms with E-state index in [1.807, 2.05) is 0 Å². The molecule has 8 nitrogen and oxygen atoms in total. The molecule has 3 aromatic rings. The van der Waals surface area contributed by atoms with E-state index in [2.05, 4.69) is 61.8 Å². The molecule has 0 N–H and O–H groups in total. The molecule has 1 aliphatic heterocycles. The zero-order valence-corrected chi connectivity index (χ0v) is 21.7. The standard InChI is InChI=1S/C27H36N6O2/c1-7-21-16-33(23-14-26(34)30(5)24-17-31(12-11-28)29-27(23)24)22(8-2)15-32(21)19(4)20-9-10-25(35-6)18(3)13-20/h9-10,13-14,17,19,21-22H,7-8,12,15-16H2,1-6H3/t19?,21-,22+/m1/s1. The van der Waals surface area contributed by atoms with E-state index >= 15 is 0 Å². The molecule has 0 radical (unpaired) electrons. The Bertz CT molecular complexity index is 1300. The van der Waals surface area contributed by atoms with Crippen LogP contribution in [0.25, 0.3) is 11.0 Å². The predicted molar refractivity (Wildman–Crippen MR) is 139 cm³/mol. The summed E-state index contributed by atoms with van der Waals surface area (Å²) in [5.74, 6) is 0.912. The first-order valence-corrected chi connectivity index (χ1v) is 12.4. The minimum absolute atomic E-state index is 0.0589. The van der Waals surface area contributed by atoms with Crippen LogP contribution >= 0.6 is 0 Å². The molecule has 1 aromatic carbocycles. The summed E-state index contributed by atoms with van der Waals surface area (Å²) in [5, 5.41) is 13.8. The monoisotopic (exact) mass is 476 g/mol. The number of piperazine rings is 1. The number of pyridine rings is 1. The quantitative estimate of drug-likeness (QED) is 0.513. The Morgan fingerprint density at radius 3 is 2.57 bits per heavy atom. The highest BCUT2D eigenvalue weighted by molar-refractivity contribution is 5.88. The third-order valence-electron chi connectivity index (χ3n) is 7.56. The minimum atomic E-state index is -0.0589. The number of hydrogen-bond donors (Lipinski definition) is 0. The van der Waals surface area contributed by atoms with Crippen LogP contribution in [-0.2, 0) is 13.6 Å². The van der Waals surface area contributed by atoms with Crippen LogP contribution in [-0.4, -0.2) is 51.5 Å². The van der Waals surface area contributed by atoms with Gasteiger partial charge in [-0.05, 0) is 43.9 Å². The number of ether oxygens (including phenoxy) is 1. The van der Waals surface area contributed by atoms with Crippen LogP contribution in [0.2, 0.25) is 0 Å². The number of hydrogen-bond acceptors (Lipinski definition) is 6. The average molecular weight is 477 g/mol. The summed E-state index contributed by atoms with van der Waals surface area (Å²) in [5.41, 5.74) is 4.79. The third-order valence-corrected chi connectivity index (χ3v) is 7.56. The number of nitriles is 1. The first-order valence-electron chi connectivity index (χ1n) is 12.4. The molecule has 0 aliphatic carbocycles. The number of rotatable bonds is 7. The molecule has 1 fully saturated rings. The smallest absolute Gasteiger partial charge is 0.252 e. The Kier molecular flexibility index (Phi) is 7.18. The Morgan fingerprint density at radius 1 is 1.20 bits per heavy atom. The highest BCUT2D eigenvalue weighted by atomic mass is 16.5. The molecular formula is C27H36N6O2. The number of nitrogens with zero attached hydrogens (tertiary/aromatic N) is 6. The van der Waals surface area contributed by atoms with Gasteiger partial charge >= 0.3 is 0 Å². The lowest BCUT2D eigenvalue weighted by molar-refractivity contribution is 0.101. The van der Waals surface area contributed by atoms with Crippen molar-refractivity contribution < 1.29 is 4.74 Å². The molecule has 1 unspecified atom stereocenters. The molecule has 4 rings (SSSR count). The maximum absolute atomic E-state index is 12.9. The molecular weight excluding hydrogens is 440 g/mol. The molecule has 2 aromatic heterocycles. The van der Waals surface area contributed by atoms with Gasteiger partial charge in [0.25, 0.3) is 5.56 Å². The average Bonchev–Trinajstić information content (AvgIpc) is 3.29. The largest absolute Gasteiger partial charge is 0.496 e. The van der Waals surface area contributed by atoms with Gasteiger partial charge in [0, 0.05) is 44.3 Å². The van der Waals surface area contributed by atoms with Gasteiger partial charge in [-0.2, -0.15) is 10.4 Å². The van der Waals surface area contributed by atoms with Crippen molar-refractivity contribution in [3.8, 4) is 11.8 Å². The second-order valence-corrected chi connectivity index (χ2v) is 9.52. The SMILES string of the molecule is CC[C@H]1CN(C(C)c2ccc(OC)c(C)c2)[C@H](CC)CN1c1cc(=O)n(C)c2cn(CC#N)nc12. The van der Waals surface area contributed by atoms with Crippen LogP contribution in [0.3, 0.4) is 0 Å². The van der Waals surface area contributed by atoms with Gasteiger partial charge in [0.2, 0.25) is 0 Å². The number of aryl methyl sites for hydroxylation is 2. The van der Waals surface area contributed by atoms with E-state index in [4.69, 9.17) is 15.1 Å². The van der Waals surface area contributed by atoms with Gasteiger partial charge in [-0.1, -0.05) is 26.0 Å². The topological polar surface area (TPSA) is 79.3 Å². The van der Waals surface area contributed by atoms with Crippen molar-refractivity contribution in [1.82, 2.24) is 19.2 Å². The molecule has 0 bridgehead atoms. The van der Waals surface area contributed by atoms with Crippen LogP contribution in [0.5, 0.6) is 5.75 Å². The summed E-state index contributed by atoms with van der Waals surface area (Å²) in [6.45, 7) is 10.7. The zero-order valence-electron chi connectivity index (χ0n) is 21.7. The summed E-state index contributed by atoms with van der Waals surface area (Å²) < 4.78 is 8.70. The van der Waals surface area contributed by atoms with Crippen molar-refractivity contribution in [3.63, 3.8) is 0 Å². The number of fused-ring (bicyclic) bond motifs is 1. The molecule has 35 heavy (non-hydrogen) atoms. The van der Waals surface area contributed by atoms with E-state index in [1.165, 1.54) is 5.56 Å². The van der Waals surface area contributed by atoms with Crippen LogP contribution in [0.15, 0.2) is 35.3 Å². The lowest BCUT2D eigenvalue weighted by atomic mass is 9.96. The second-order valence-electron chi connectivity index (χ2n) is 9.52. The van der Waals surface area contributed by atoms with Gasteiger partial charge in [0.15, 0.2) is 0 Å². The fraction of sp³-hybridized carbons (Fsp3) is 0.519. The zero-order chi connectivity index (χ0) is 25.3. The summed E-state index contributed by atoms with van der Waals surface area (Å²) in [7, 11) is 3.47. The van der Waals surface area contributed by atoms with E-state index in [0.717, 1.165) is 54.0 Å². The molecule has 1 aliphatic rings. The molecule has 3 atom stereocenters. The van der Waals surface area contributed by atoms with Crippen molar-refractivity contribution in [3.05, 3.63) is 51.9 Å². The van der Waals surface area contributed by atoms with Crippen LogP contribution in [0.4, 0.5) is 5.69 Å². The van der Waals surface area contributed by atoms with Crippen LogP contribution < -0.4 is 15.2 Å². The van der Waals surface area contributed by atoms with Gasteiger partial charge in [-0.25, -0.2) is 0 Å². The van der Waals surface area contributed by atoms with Crippen molar-refractivity contribution >= 4 is 16.7 Å². The van der Waals surface area contributed by atoms with Crippen molar-refractivity contribution in [2.24, 2.45) is 7.05 Å². The first-order chi connectivity index (χ1) is 16.8. The lowest BCUT2D eigenvalue weighted by Gasteiger charge is -2.49. The fourth-order valence-corrected chi connectivity index (χ4v) is 5.42. The Hall–Kier alpha value is -3.31. The molecule has 3 heterocycles. The Labute approximate surface area is 207 Å². The highest BCUT2D eigenvalue weighted by Crippen LogP contribution is 2.35. The third kappa shape index (κ3) is 4.53. The summed E-state index contributed by atoms with van der Waals surface area (Å²) in [6.07, 6.45) is 3.76. The van der Waals surface area contributed by atoms with Gasteiger partial charge in [-0.3, -0.25) is 14.4 Å². The maximum Gasteiger partial charge on any atom is 0.252 e. The van der Waals surface area contributed by atoms with E-state index in [1.54, 1.807) is 35.7 Å². The summed E-state index contributed by atoms with van der Waals surface area (Å²) in [4.78, 5) is 17.9. The number of aromatic nitrogens is 3. The molecule has 8 heteroatoms. The van der Waals surface area contributed by atoms with Gasteiger partial charge < -0.3 is 14.2 Å². The predicted octanol–water partition coefficient (Wildman–Crippen LogP) is 4.02. The Morgan fingerprint density at radius 2 is 1.94 bits per heavy atom. The van der Waals surface area contributed by atoms with Gasteiger partial charge in [0.1, 0.15) is 17.8 Å². The molecule has 0 amide bonds. The van der Waals surface area contributed by atoms with E-state index in [9.17, 15) is 4.79 Å². The van der Waals surface area contributed by atoms with Crippen LogP contribution in [0, 0.1) is 18.3 Å².